The van der Waals surface area contributed by atoms with E-state index in [-0.39, 0.29) is 17.2 Å². The molecule has 6 rings (SSSR count). The smallest absolute Gasteiger partial charge is 0.244 e. The average molecular weight is 330 g/mol. The Bertz CT molecular complexity index is 523. The highest BCUT2D eigenvalue weighted by atomic mass is 16.2. The van der Waals surface area contributed by atoms with Gasteiger partial charge in [0, 0.05) is 6.42 Å². The third-order valence-corrected chi connectivity index (χ3v) is 8.17. The first kappa shape index (κ1) is 15.2. The summed E-state index contributed by atoms with van der Waals surface area (Å²) in [6.45, 7) is 0. The zero-order valence-corrected chi connectivity index (χ0v) is 14.6. The molecule has 6 fully saturated rings. The van der Waals surface area contributed by atoms with Crippen LogP contribution < -0.4 is 10.9 Å². The zero-order valence-electron chi connectivity index (χ0n) is 14.6. The minimum atomic E-state index is -0.172. The van der Waals surface area contributed by atoms with Crippen molar-refractivity contribution in [2.45, 2.75) is 70.6 Å². The molecule has 6 saturated carbocycles. The quantitative estimate of drug-likeness (QED) is 0.781. The molecule has 0 saturated heterocycles. The first-order chi connectivity index (χ1) is 11.6. The first-order valence-electron chi connectivity index (χ1n) is 10.2. The van der Waals surface area contributed by atoms with Gasteiger partial charge in [0.15, 0.2) is 0 Å². The highest BCUT2D eigenvalue weighted by Gasteiger charge is 2.54. The number of rotatable bonds is 3. The third kappa shape index (κ3) is 2.48. The lowest BCUT2D eigenvalue weighted by Gasteiger charge is -2.55. The van der Waals surface area contributed by atoms with Crippen LogP contribution >= 0.6 is 0 Å². The number of hydrogen-bond acceptors (Lipinski definition) is 2. The molecule has 6 aliphatic rings. The van der Waals surface area contributed by atoms with E-state index in [1.54, 1.807) is 0 Å². The van der Waals surface area contributed by atoms with Crippen molar-refractivity contribution in [3.8, 4) is 0 Å². The maximum atomic E-state index is 12.8. The Morgan fingerprint density at radius 1 is 0.792 bits per heavy atom. The summed E-state index contributed by atoms with van der Waals surface area (Å²) >= 11 is 0. The summed E-state index contributed by atoms with van der Waals surface area (Å²) < 4.78 is 0. The minimum Gasteiger partial charge on any atom is -0.273 e. The summed E-state index contributed by atoms with van der Waals surface area (Å²) in [5.41, 5.74) is 5.40. The number of carbonyl (C=O) groups excluding carboxylic acids is 2. The number of amides is 2. The lowest BCUT2D eigenvalue weighted by atomic mass is 9.49. The molecular formula is C20H30N2O2. The predicted molar refractivity (Wildman–Crippen MR) is 90.4 cm³/mol. The molecule has 6 aliphatic carbocycles. The monoisotopic (exact) mass is 330 g/mol. The number of fused-ring (bicyclic) bond motifs is 2. The Balaban J connectivity index is 1.15. The number of carbonyl (C=O) groups is 2. The van der Waals surface area contributed by atoms with E-state index in [1.807, 2.05) is 0 Å². The van der Waals surface area contributed by atoms with Crippen molar-refractivity contribution in [3.63, 3.8) is 0 Å². The first-order valence-corrected chi connectivity index (χ1v) is 10.2. The lowest BCUT2D eigenvalue weighted by Crippen LogP contribution is -2.56. The molecule has 0 aromatic carbocycles. The average Bonchev–Trinajstić information content (AvgIpc) is 3.14. The van der Waals surface area contributed by atoms with E-state index in [0.717, 1.165) is 48.9 Å². The van der Waals surface area contributed by atoms with Crippen LogP contribution in [0, 0.1) is 40.9 Å². The van der Waals surface area contributed by atoms with Gasteiger partial charge < -0.3 is 0 Å². The molecule has 2 amide bonds. The summed E-state index contributed by atoms with van der Waals surface area (Å²) in [5.74, 6) is 4.58. The summed E-state index contributed by atoms with van der Waals surface area (Å²) in [5, 5.41) is 0. The van der Waals surface area contributed by atoms with Gasteiger partial charge in [0.1, 0.15) is 0 Å². The Kier molecular flexibility index (Phi) is 3.47. The Morgan fingerprint density at radius 3 is 2.00 bits per heavy atom. The van der Waals surface area contributed by atoms with Crippen molar-refractivity contribution in [2.24, 2.45) is 40.9 Å². The fourth-order valence-electron chi connectivity index (χ4n) is 7.56. The molecule has 3 atom stereocenters. The molecule has 0 aromatic heterocycles. The minimum absolute atomic E-state index is 0.0191. The van der Waals surface area contributed by atoms with Crippen molar-refractivity contribution in [1.29, 1.82) is 0 Å². The van der Waals surface area contributed by atoms with E-state index in [0.29, 0.717) is 12.3 Å². The molecule has 2 N–H and O–H groups in total. The summed E-state index contributed by atoms with van der Waals surface area (Å²) in [4.78, 5) is 25.1. The molecule has 0 unspecified atom stereocenters. The topological polar surface area (TPSA) is 58.2 Å². The molecule has 4 nitrogen and oxygen atoms in total. The van der Waals surface area contributed by atoms with Gasteiger partial charge in [0.05, 0.1) is 5.41 Å². The fourth-order valence-corrected chi connectivity index (χ4v) is 7.56. The highest BCUT2D eigenvalue weighted by Crippen LogP contribution is 2.60. The highest BCUT2D eigenvalue weighted by molar-refractivity contribution is 5.86. The second-order valence-corrected chi connectivity index (χ2v) is 9.84. The van der Waals surface area contributed by atoms with Crippen LogP contribution in [0.4, 0.5) is 0 Å². The van der Waals surface area contributed by atoms with Crippen molar-refractivity contribution in [2.75, 3.05) is 0 Å². The number of nitrogens with one attached hydrogen (secondary N) is 2. The van der Waals surface area contributed by atoms with Gasteiger partial charge in [-0.15, -0.1) is 0 Å². The van der Waals surface area contributed by atoms with Gasteiger partial charge in [-0.1, -0.05) is 6.42 Å². The van der Waals surface area contributed by atoms with Crippen LogP contribution in [0.25, 0.3) is 0 Å². The maximum absolute atomic E-state index is 12.8. The Hall–Kier alpha value is -1.06. The van der Waals surface area contributed by atoms with E-state index in [9.17, 15) is 9.59 Å². The molecule has 0 aromatic rings. The lowest BCUT2D eigenvalue weighted by molar-refractivity contribution is -0.149. The van der Waals surface area contributed by atoms with E-state index in [2.05, 4.69) is 10.9 Å². The SMILES string of the molecule is O=C(C[C@H]1C[C@H]2CC[C@@H]1C2)NNC(=O)C12CC3CC(CC(C3)C1)C2. The summed E-state index contributed by atoms with van der Waals surface area (Å²) in [6, 6.07) is 0. The molecule has 4 heteroatoms. The van der Waals surface area contributed by atoms with Crippen LogP contribution in [0.1, 0.15) is 70.6 Å². The van der Waals surface area contributed by atoms with Crippen LogP contribution in [-0.4, -0.2) is 11.8 Å². The van der Waals surface area contributed by atoms with Gasteiger partial charge in [-0.25, -0.2) is 0 Å². The summed E-state index contributed by atoms with van der Waals surface area (Å²) in [6.07, 6.45) is 13.0. The number of hydrogen-bond donors (Lipinski definition) is 2. The maximum Gasteiger partial charge on any atom is 0.244 e. The van der Waals surface area contributed by atoms with E-state index in [4.69, 9.17) is 0 Å². The summed E-state index contributed by atoms with van der Waals surface area (Å²) in [7, 11) is 0. The van der Waals surface area contributed by atoms with Crippen LogP contribution in [0.3, 0.4) is 0 Å². The van der Waals surface area contributed by atoms with Crippen molar-refractivity contribution in [1.82, 2.24) is 10.9 Å². The molecule has 6 bridgehead atoms. The van der Waals surface area contributed by atoms with Gasteiger partial charge in [0.25, 0.3) is 0 Å². The Morgan fingerprint density at radius 2 is 1.46 bits per heavy atom. The standard InChI is InChI=1S/C20H30N2O2/c23-18(8-17-7-12-1-2-16(17)6-12)21-22-19(24)20-9-13-3-14(10-20)5-15(4-13)11-20/h12-17H,1-11H2,(H,21,23)(H,22,24)/t12-,13?,14?,15?,16+,17+,20?/m0/s1. The number of hydrazine groups is 1. The van der Waals surface area contributed by atoms with Crippen molar-refractivity contribution in [3.05, 3.63) is 0 Å². The largest absolute Gasteiger partial charge is 0.273 e. The molecule has 0 radical (unpaired) electrons. The van der Waals surface area contributed by atoms with Gasteiger partial charge in [-0.05, 0) is 93.3 Å². The zero-order chi connectivity index (χ0) is 16.3. The van der Waals surface area contributed by atoms with E-state index >= 15 is 0 Å². The predicted octanol–water partition coefficient (Wildman–Crippen LogP) is 3.18. The second-order valence-electron chi connectivity index (χ2n) is 9.84. The molecule has 0 spiro atoms. The van der Waals surface area contributed by atoms with Crippen LogP contribution in [0.15, 0.2) is 0 Å². The fraction of sp³-hybridized carbons (Fsp3) is 0.900. The van der Waals surface area contributed by atoms with Gasteiger partial charge in [0.2, 0.25) is 11.8 Å². The second kappa shape index (κ2) is 5.47. The molecule has 132 valence electrons. The third-order valence-electron chi connectivity index (χ3n) is 8.17. The normalized spacial score (nSPS) is 47.8. The van der Waals surface area contributed by atoms with E-state index in [1.165, 1.54) is 44.9 Å². The van der Waals surface area contributed by atoms with Gasteiger partial charge >= 0.3 is 0 Å². The van der Waals surface area contributed by atoms with Crippen LogP contribution in [0.5, 0.6) is 0 Å². The van der Waals surface area contributed by atoms with Gasteiger partial charge in [-0.2, -0.15) is 0 Å². The van der Waals surface area contributed by atoms with Crippen LogP contribution in [-0.2, 0) is 9.59 Å². The van der Waals surface area contributed by atoms with E-state index < -0.39 is 0 Å². The van der Waals surface area contributed by atoms with Crippen LogP contribution in [0.2, 0.25) is 0 Å². The van der Waals surface area contributed by atoms with Crippen molar-refractivity contribution < 1.29 is 9.59 Å². The van der Waals surface area contributed by atoms with Crippen molar-refractivity contribution >= 4 is 11.8 Å². The molecule has 0 heterocycles. The molecule has 0 aliphatic heterocycles. The van der Waals surface area contributed by atoms with Gasteiger partial charge in [-0.3, -0.25) is 20.4 Å². The Labute approximate surface area is 144 Å². The molecule has 24 heavy (non-hydrogen) atoms. The molecular weight excluding hydrogens is 300 g/mol.